The number of benzene rings is 1. The van der Waals surface area contributed by atoms with Gasteiger partial charge in [0.2, 0.25) is 0 Å². The molecule has 0 saturated carbocycles. The van der Waals surface area contributed by atoms with Gasteiger partial charge in [0, 0.05) is 6.20 Å². The number of hydrogen-bond acceptors (Lipinski definition) is 3. The van der Waals surface area contributed by atoms with Crippen LogP contribution in [0, 0.1) is 0 Å². The monoisotopic (exact) mass is 320 g/mol. The standard InChI is InChI=1S/C20H24N4/c1-4-12-23(13-5-1)14-6-9-17-8-2-3-11-19(17)24-15-7-10-18-20(24)22-16-21-18/h2-3,7-8,10-11,15-16H,1,4-6,9,12-14H2. The largest absolute Gasteiger partial charge is 0.303 e. The molecule has 4 heteroatoms. The fourth-order valence-electron chi connectivity index (χ4n) is 3.69. The number of likely N-dealkylation sites (tertiary alicyclic amines) is 1. The molecule has 0 N–H and O–H groups in total. The van der Waals surface area contributed by atoms with Crippen molar-refractivity contribution in [2.24, 2.45) is 0 Å². The fourth-order valence-corrected chi connectivity index (χ4v) is 3.69. The second kappa shape index (κ2) is 7.14. The Labute approximate surface area is 143 Å². The molecule has 0 bridgehead atoms. The molecule has 0 amide bonds. The van der Waals surface area contributed by atoms with Gasteiger partial charge in [-0.2, -0.15) is 0 Å². The maximum Gasteiger partial charge on any atom is 0.164 e. The molecule has 3 aliphatic heterocycles. The number of fused-ring (bicyclic) bond motifs is 1. The highest BCUT2D eigenvalue weighted by Crippen LogP contribution is 2.24. The highest BCUT2D eigenvalue weighted by Gasteiger charge is 2.14. The number of para-hydroxylation sites is 1. The van der Waals surface area contributed by atoms with Crippen LogP contribution in [0.2, 0.25) is 0 Å². The van der Waals surface area contributed by atoms with Gasteiger partial charge in [0.25, 0.3) is 0 Å². The molecule has 0 aromatic heterocycles. The molecular weight excluding hydrogens is 296 g/mol. The van der Waals surface area contributed by atoms with Crippen molar-refractivity contribution in [3.63, 3.8) is 0 Å². The summed E-state index contributed by atoms with van der Waals surface area (Å²) in [7, 11) is 0. The SMILES string of the molecule is c1ccc(-n2cccc3ncnc2-3)c(CCCN2CCCCC2)c1. The fraction of sp³-hybridized carbons (Fsp3) is 0.400. The smallest absolute Gasteiger partial charge is 0.164 e. The zero-order valence-electron chi connectivity index (χ0n) is 14.1. The van der Waals surface area contributed by atoms with Gasteiger partial charge in [-0.25, -0.2) is 9.97 Å². The molecule has 1 saturated heterocycles. The van der Waals surface area contributed by atoms with Gasteiger partial charge >= 0.3 is 0 Å². The lowest BCUT2D eigenvalue weighted by Crippen LogP contribution is -2.30. The molecule has 4 nitrogen and oxygen atoms in total. The molecule has 0 atom stereocenters. The quantitative estimate of drug-likeness (QED) is 0.717. The minimum atomic E-state index is 0.931. The number of piperidine rings is 1. The maximum atomic E-state index is 4.43. The maximum absolute atomic E-state index is 4.43. The van der Waals surface area contributed by atoms with Crippen LogP contribution in [0.4, 0.5) is 0 Å². The minimum Gasteiger partial charge on any atom is -0.303 e. The average molecular weight is 320 g/mol. The van der Waals surface area contributed by atoms with E-state index in [1.165, 1.54) is 56.6 Å². The molecule has 124 valence electrons. The van der Waals surface area contributed by atoms with Crippen molar-refractivity contribution >= 4 is 0 Å². The summed E-state index contributed by atoms with van der Waals surface area (Å²) < 4.78 is 2.17. The lowest BCUT2D eigenvalue weighted by molar-refractivity contribution is 0.226. The van der Waals surface area contributed by atoms with E-state index in [1.807, 2.05) is 12.1 Å². The number of aryl methyl sites for hydroxylation is 1. The van der Waals surface area contributed by atoms with Crippen LogP contribution >= 0.6 is 0 Å². The van der Waals surface area contributed by atoms with Gasteiger partial charge in [-0.3, -0.25) is 4.57 Å². The van der Waals surface area contributed by atoms with Crippen molar-refractivity contribution in [1.29, 1.82) is 0 Å². The van der Waals surface area contributed by atoms with E-state index in [2.05, 4.69) is 49.9 Å². The third-order valence-corrected chi connectivity index (χ3v) is 4.94. The lowest BCUT2D eigenvalue weighted by Gasteiger charge is -2.26. The molecule has 0 radical (unpaired) electrons. The van der Waals surface area contributed by atoms with Crippen molar-refractivity contribution in [3.05, 3.63) is 54.5 Å². The third kappa shape index (κ3) is 3.20. The number of imidazole rings is 1. The third-order valence-electron chi connectivity index (χ3n) is 4.94. The highest BCUT2D eigenvalue weighted by molar-refractivity contribution is 5.56. The van der Waals surface area contributed by atoms with Crippen LogP contribution in [0.25, 0.3) is 17.2 Å². The van der Waals surface area contributed by atoms with E-state index in [0.29, 0.717) is 0 Å². The predicted octanol–water partition coefficient (Wildman–Crippen LogP) is 3.79. The predicted molar refractivity (Wildman–Crippen MR) is 96.6 cm³/mol. The van der Waals surface area contributed by atoms with E-state index >= 15 is 0 Å². The van der Waals surface area contributed by atoms with Crippen molar-refractivity contribution in [2.75, 3.05) is 19.6 Å². The first-order valence-corrected chi connectivity index (χ1v) is 9.00. The van der Waals surface area contributed by atoms with Gasteiger partial charge in [0.1, 0.15) is 12.0 Å². The Morgan fingerprint density at radius 3 is 2.71 bits per heavy atom. The average Bonchev–Trinajstić information content (AvgIpc) is 3.12. The van der Waals surface area contributed by atoms with Crippen LogP contribution in [0.5, 0.6) is 0 Å². The lowest BCUT2D eigenvalue weighted by atomic mass is 10.1. The molecule has 4 rings (SSSR count). The molecule has 0 spiro atoms. The van der Waals surface area contributed by atoms with Crippen LogP contribution in [-0.2, 0) is 6.42 Å². The van der Waals surface area contributed by atoms with Crippen LogP contribution in [0.3, 0.4) is 0 Å². The Hall–Kier alpha value is -2.20. The van der Waals surface area contributed by atoms with Gasteiger partial charge in [0.15, 0.2) is 5.82 Å². The Morgan fingerprint density at radius 2 is 1.79 bits per heavy atom. The van der Waals surface area contributed by atoms with E-state index in [9.17, 15) is 0 Å². The normalized spacial score (nSPS) is 15.8. The van der Waals surface area contributed by atoms with Crippen molar-refractivity contribution in [1.82, 2.24) is 19.4 Å². The Kier molecular flexibility index (Phi) is 4.56. The van der Waals surface area contributed by atoms with E-state index in [0.717, 1.165) is 17.9 Å². The van der Waals surface area contributed by atoms with Crippen LogP contribution < -0.4 is 0 Å². The Balaban J connectivity index is 1.51. The second-order valence-corrected chi connectivity index (χ2v) is 6.60. The van der Waals surface area contributed by atoms with E-state index < -0.39 is 0 Å². The van der Waals surface area contributed by atoms with Gasteiger partial charge in [-0.15, -0.1) is 0 Å². The zero-order valence-corrected chi connectivity index (χ0v) is 14.1. The van der Waals surface area contributed by atoms with Crippen molar-refractivity contribution < 1.29 is 0 Å². The molecule has 1 aromatic carbocycles. The van der Waals surface area contributed by atoms with Crippen LogP contribution in [0.15, 0.2) is 48.9 Å². The summed E-state index contributed by atoms with van der Waals surface area (Å²) in [5.41, 5.74) is 3.55. The first kappa shape index (κ1) is 15.3. The molecule has 3 aliphatic rings. The molecule has 24 heavy (non-hydrogen) atoms. The van der Waals surface area contributed by atoms with E-state index in [-0.39, 0.29) is 0 Å². The summed E-state index contributed by atoms with van der Waals surface area (Å²) in [6.07, 6.45) is 10.2. The molecule has 1 fully saturated rings. The number of nitrogens with zero attached hydrogens (tertiary/aromatic N) is 4. The number of rotatable bonds is 5. The van der Waals surface area contributed by atoms with E-state index in [4.69, 9.17) is 0 Å². The molecule has 0 unspecified atom stereocenters. The van der Waals surface area contributed by atoms with Gasteiger partial charge in [0.05, 0.1) is 5.69 Å². The number of pyridine rings is 1. The highest BCUT2D eigenvalue weighted by atomic mass is 15.1. The van der Waals surface area contributed by atoms with Crippen LogP contribution in [-0.4, -0.2) is 39.1 Å². The first-order chi connectivity index (χ1) is 11.9. The summed E-state index contributed by atoms with van der Waals surface area (Å²) in [6.45, 7) is 3.76. The van der Waals surface area contributed by atoms with Gasteiger partial charge < -0.3 is 4.90 Å². The van der Waals surface area contributed by atoms with Crippen LogP contribution in [0.1, 0.15) is 31.2 Å². The molecular formula is C20H24N4. The molecule has 3 heterocycles. The Bertz CT molecular complexity index is 758. The first-order valence-electron chi connectivity index (χ1n) is 9.00. The van der Waals surface area contributed by atoms with E-state index in [1.54, 1.807) is 6.33 Å². The Morgan fingerprint density at radius 1 is 0.917 bits per heavy atom. The summed E-state index contributed by atoms with van der Waals surface area (Å²) in [6, 6.07) is 12.7. The summed E-state index contributed by atoms with van der Waals surface area (Å²) in [5.74, 6) is 0.931. The second-order valence-electron chi connectivity index (χ2n) is 6.60. The molecule has 1 aromatic rings. The summed E-state index contributed by atoms with van der Waals surface area (Å²) in [5, 5.41) is 0. The number of aromatic nitrogens is 3. The van der Waals surface area contributed by atoms with Crippen molar-refractivity contribution in [3.8, 4) is 17.2 Å². The summed E-state index contributed by atoms with van der Waals surface area (Å²) in [4.78, 5) is 11.4. The van der Waals surface area contributed by atoms with Gasteiger partial charge in [-0.05, 0) is 69.1 Å². The minimum absolute atomic E-state index is 0.931. The van der Waals surface area contributed by atoms with Crippen molar-refractivity contribution in [2.45, 2.75) is 32.1 Å². The summed E-state index contributed by atoms with van der Waals surface area (Å²) >= 11 is 0. The number of hydrogen-bond donors (Lipinski definition) is 0. The molecule has 0 aliphatic carbocycles. The topological polar surface area (TPSA) is 34.0 Å². The zero-order chi connectivity index (χ0) is 16.2. The van der Waals surface area contributed by atoms with Gasteiger partial charge in [-0.1, -0.05) is 24.6 Å².